The number of aryl methyl sites for hydroxylation is 2. The van der Waals surface area contributed by atoms with E-state index in [9.17, 15) is 14.4 Å². The highest BCUT2D eigenvalue weighted by Crippen LogP contribution is 2.20. The van der Waals surface area contributed by atoms with Gasteiger partial charge in [-0.25, -0.2) is 0 Å². The molecule has 5 aromatic rings. The van der Waals surface area contributed by atoms with Crippen molar-refractivity contribution in [1.29, 1.82) is 0 Å². The second-order valence-corrected chi connectivity index (χ2v) is 13.4. The molecule has 0 atom stereocenters. The van der Waals surface area contributed by atoms with Gasteiger partial charge >= 0.3 is 0 Å². The third-order valence-electron chi connectivity index (χ3n) is 8.58. The van der Waals surface area contributed by atoms with E-state index in [1.807, 2.05) is 94.9 Å². The van der Waals surface area contributed by atoms with E-state index in [1.54, 1.807) is 52.8 Å². The Balaban J connectivity index is 1.19. The lowest BCUT2D eigenvalue weighted by Crippen LogP contribution is -2.36. The third kappa shape index (κ3) is 10.0. The number of amides is 3. The number of pyridine rings is 1. The summed E-state index contributed by atoms with van der Waals surface area (Å²) in [5.41, 5.74) is 5.27. The summed E-state index contributed by atoms with van der Waals surface area (Å²) < 4.78 is 3.41. The van der Waals surface area contributed by atoms with Crippen LogP contribution in [0.1, 0.15) is 55.3 Å². The molecule has 2 aromatic carbocycles. The number of para-hydroxylation sites is 1. The van der Waals surface area contributed by atoms with Crippen LogP contribution in [0, 0.1) is 0 Å². The van der Waals surface area contributed by atoms with E-state index >= 15 is 0 Å². The molecule has 51 heavy (non-hydrogen) atoms. The van der Waals surface area contributed by atoms with Gasteiger partial charge in [0.1, 0.15) is 11.4 Å². The summed E-state index contributed by atoms with van der Waals surface area (Å²) >= 11 is 0. The van der Waals surface area contributed by atoms with Gasteiger partial charge in [0.15, 0.2) is 0 Å². The van der Waals surface area contributed by atoms with E-state index in [-0.39, 0.29) is 17.7 Å². The van der Waals surface area contributed by atoms with Gasteiger partial charge in [0.2, 0.25) is 0 Å². The molecular formula is C40H48N8O3. The zero-order chi connectivity index (χ0) is 36.5. The number of hydrogen-bond donors (Lipinski definition) is 2. The Morgan fingerprint density at radius 3 is 1.90 bits per heavy atom. The fraction of sp³-hybridized carbons (Fsp3) is 0.300. The van der Waals surface area contributed by atoms with Crippen molar-refractivity contribution in [2.24, 2.45) is 14.1 Å². The van der Waals surface area contributed by atoms with Crippen molar-refractivity contribution in [3.8, 4) is 0 Å². The second kappa shape index (κ2) is 16.9. The number of aromatic nitrogens is 3. The zero-order valence-electron chi connectivity index (χ0n) is 30.4. The van der Waals surface area contributed by atoms with E-state index in [2.05, 4.69) is 31.5 Å². The topological polar surface area (TPSA) is 108 Å². The fourth-order valence-electron chi connectivity index (χ4n) is 5.85. The zero-order valence-corrected chi connectivity index (χ0v) is 30.4. The van der Waals surface area contributed by atoms with Gasteiger partial charge in [0.05, 0.1) is 16.9 Å². The van der Waals surface area contributed by atoms with Crippen LogP contribution >= 0.6 is 0 Å². The first-order valence-electron chi connectivity index (χ1n) is 17.1. The monoisotopic (exact) mass is 688 g/mol. The molecule has 0 saturated carbocycles. The molecule has 0 fully saturated rings. The van der Waals surface area contributed by atoms with E-state index in [0.29, 0.717) is 41.4 Å². The van der Waals surface area contributed by atoms with Gasteiger partial charge in [0, 0.05) is 56.7 Å². The van der Waals surface area contributed by atoms with Gasteiger partial charge in [-0.05, 0) is 102 Å². The molecule has 0 aliphatic heterocycles. The van der Waals surface area contributed by atoms with Crippen LogP contribution in [0.2, 0.25) is 0 Å². The number of carbonyl (C=O) groups excluding carboxylic acids is 3. The van der Waals surface area contributed by atoms with E-state index in [4.69, 9.17) is 0 Å². The smallest absolute Gasteiger partial charge is 0.272 e. The highest BCUT2D eigenvalue weighted by atomic mass is 16.2. The summed E-state index contributed by atoms with van der Waals surface area (Å²) in [7, 11) is 11.7. The number of nitrogens with one attached hydrogen (secondary N) is 2. The molecule has 266 valence electrons. The van der Waals surface area contributed by atoms with Crippen LogP contribution in [-0.4, -0.2) is 101 Å². The fourth-order valence-corrected chi connectivity index (χ4v) is 5.85. The Hall–Kier alpha value is -5.52. The molecule has 3 aromatic heterocycles. The van der Waals surface area contributed by atoms with Gasteiger partial charge in [-0.3, -0.25) is 19.4 Å². The SMILES string of the molecule is CN(C)CCCN(CCCN(C)C)C(=O)c1cc(NC(=O)c2cc(NC(=O)c3ccc(/C=C/c4cnc5ccccc5c4)cc3)cn2C)cn1C. The molecule has 0 radical (unpaired) electrons. The summed E-state index contributed by atoms with van der Waals surface area (Å²) in [6, 6.07) is 20.7. The average Bonchev–Trinajstić information content (AvgIpc) is 3.66. The number of benzene rings is 2. The van der Waals surface area contributed by atoms with Gasteiger partial charge in [-0.2, -0.15) is 0 Å². The Labute approximate surface area is 300 Å². The lowest BCUT2D eigenvalue weighted by atomic mass is 10.1. The molecule has 2 N–H and O–H groups in total. The summed E-state index contributed by atoms with van der Waals surface area (Å²) in [5, 5.41) is 6.89. The number of anilines is 2. The normalized spacial score (nSPS) is 11.5. The van der Waals surface area contributed by atoms with Crippen molar-refractivity contribution in [3.63, 3.8) is 0 Å². The summed E-state index contributed by atoms with van der Waals surface area (Å²) in [4.78, 5) is 50.7. The third-order valence-corrected chi connectivity index (χ3v) is 8.58. The minimum absolute atomic E-state index is 0.0642. The minimum Gasteiger partial charge on any atom is -0.344 e. The van der Waals surface area contributed by atoms with Gasteiger partial charge in [-0.15, -0.1) is 0 Å². The average molecular weight is 689 g/mol. The maximum atomic E-state index is 13.6. The van der Waals surface area contributed by atoms with Crippen LogP contribution in [0.3, 0.4) is 0 Å². The van der Waals surface area contributed by atoms with Crippen molar-refractivity contribution < 1.29 is 14.4 Å². The standard InChI is InChI=1S/C40H48N8O3/c1-44(2)19-9-21-48(22-10-20-45(3)4)40(51)37-25-34(28-47(37)6)43-39(50)36-24-33(27-46(36)5)42-38(49)31-17-15-29(16-18-31)13-14-30-23-32-11-7-8-12-35(32)41-26-30/h7-8,11-18,23-28H,9-10,19-22H2,1-6H3,(H,42,49)(H,43,50)/b14-13+. The molecule has 11 nitrogen and oxygen atoms in total. The molecule has 3 heterocycles. The Bertz CT molecular complexity index is 1990. The molecule has 0 spiro atoms. The lowest BCUT2D eigenvalue weighted by molar-refractivity contribution is 0.0734. The lowest BCUT2D eigenvalue weighted by Gasteiger charge is -2.24. The Kier molecular flexibility index (Phi) is 12.2. The largest absolute Gasteiger partial charge is 0.344 e. The second-order valence-electron chi connectivity index (χ2n) is 13.4. The molecule has 0 saturated heterocycles. The first-order chi connectivity index (χ1) is 24.5. The Morgan fingerprint density at radius 2 is 1.25 bits per heavy atom. The number of carbonyl (C=O) groups is 3. The number of rotatable bonds is 15. The molecule has 11 heteroatoms. The molecule has 0 unspecified atom stereocenters. The predicted molar refractivity (Wildman–Crippen MR) is 206 cm³/mol. The summed E-state index contributed by atoms with van der Waals surface area (Å²) in [6.45, 7) is 3.08. The van der Waals surface area contributed by atoms with Gasteiger partial charge in [0.25, 0.3) is 17.7 Å². The van der Waals surface area contributed by atoms with E-state index < -0.39 is 0 Å². The highest BCUT2D eigenvalue weighted by molar-refractivity contribution is 6.07. The molecule has 5 rings (SSSR count). The predicted octanol–water partition coefficient (Wildman–Crippen LogP) is 5.93. The van der Waals surface area contributed by atoms with Crippen molar-refractivity contribution in [2.45, 2.75) is 12.8 Å². The van der Waals surface area contributed by atoms with Crippen molar-refractivity contribution >= 4 is 52.2 Å². The highest BCUT2D eigenvalue weighted by Gasteiger charge is 2.21. The first-order valence-corrected chi connectivity index (χ1v) is 17.1. The molecular weight excluding hydrogens is 640 g/mol. The maximum absolute atomic E-state index is 13.6. The maximum Gasteiger partial charge on any atom is 0.272 e. The molecule has 0 aliphatic carbocycles. The first kappa shape index (κ1) is 36.8. The van der Waals surface area contributed by atoms with Crippen molar-refractivity contribution in [2.75, 3.05) is 65.0 Å². The number of nitrogens with zero attached hydrogens (tertiary/aromatic N) is 6. The number of hydrogen-bond acceptors (Lipinski definition) is 6. The van der Waals surface area contributed by atoms with Gasteiger partial charge in [-0.1, -0.05) is 42.5 Å². The van der Waals surface area contributed by atoms with E-state index in [0.717, 1.165) is 48.0 Å². The van der Waals surface area contributed by atoms with Crippen LogP contribution in [0.25, 0.3) is 23.1 Å². The molecule has 0 aliphatic rings. The van der Waals surface area contributed by atoms with Crippen LogP contribution < -0.4 is 10.6 Å². The molecule has 3 amide bonds. The number of fused-ring (bicyclic) bond motifs is 1. The van der Waals surface area contributed by atoms with E-state index in [1.165, 1.54) is 0 Å². The minimum atomic E-state index is -0.353. The van der Waals surface area contributed by atoms with Crippen LogP contribution in [0.4, 0.5) is 11.4 Å². The quantitative estimate of drug-likeness (QED) is 0.141. The van der Waals surface area contributed by atoms with Crippen LogP contribution in [0.5, 0.6) is 0 Å². The van der Waals surface area contributed by atoms with Crippen molar-refractivity contribution in [3.05, 3.63) is 113 Å². The summed E-state index contributed by atoms with van der Waals surface area (Å²) in [6.07, 6.45) is 11.0. The van der Waals surface area contributed by atoms with Crippen LogP contribution in [0.15, 0.2) is 85.3 Å². The van der Waals surface area contributed by atoms with Crippen LogP contribution in [-0.2, 0) is 14.1 Å². The van der Waals surface area contributed by atoms with Crippen molar-refractivity contribution in [1.82, 2.24) is 28.8 Å². The summed E-state index contributed by atoms with van der Waals surface area (Å²) in [5.74, 6) is -0.700. The Morgan fingerprint density at radius 1 is 0.686 bits per heavy atom. The van der Waals surface area contributed by atoms with Gasteiger partial charge < -0.3 is 34.5 Å². The molecule has 0 bridgehead atoms.